The molecule has 5 rings (SSSR count). The minimum atomic E-state index is -0.899. The van der Waals surface area contributed by atoms with Crippen molar-refractivity contribution in [3.05, 3.63) is 52.5 Å². The van der Waals surface area contributed by atoms with Gasteiger partial charge in [0.25, 0.3) is 0 Å². The zero-order valence-corrected chi connectivity index (χ0v) is 21.5. The van der Waals surface area contributed by atoms with Gasteiger partial charge >= 0.3 is 6.16 Å². The number of nitrogens with zero attached hydrogens (tertiary/aromatic N) is 4. The Hall–Kier alpha value is -2.92. The summed E-state index contributed by atoms with van der Waals surface area (Å²) in [6.45, 7) is 4.21. The highest BCUT2D eigenvalue weighted by Gasteiger charge is 2.30. The summed E-state index contributed by atoms with van der Waals surface area (Å²) >= 11 is 8.15. The molecule has 3 aromatic rings. The summed E-state index contributed by atoms with van der Waals surface area (Å²) in [5, 5.41) is 1.82. The number of halogens is 1. The minimum absolute atomic E-state index is 0.150. The number of anilines is 2. The average Bonchev–Trinajstić information content (AvgIpc) is 3.45. The van der Waals surface area contributed by atoms with Crippen LogP contribution in [0.5, 0.6) is 0 Å². The number of piperazine rings is 1. The molecule has 0 atom stereocenters. The van der Waals surface area contributed by atoms with Crippen molar-refractivity contribution in [1.82, 2.24) is 9.27 Å². The minimum Gasteiger partial charge on any atom is -0.412 e. The van der Waals surface area contributed by atoms with Crippen LogP contribution >= 0.6 is 23.1 Å². The summed E-state index contributed by atoms with van der Waals surface area (Å²) in [6, 6.07) is 12.1. The molecule has 0 unspecified atom stereocenters. The predicted octanol–water partition coefficient (Wildman–Crippen LogP) is 3.92. The van der Waals surface area contributed by atoms with Crippen LogP contribution in [-0.4, -0.2) is 74.7 Å². The molecule has 1 fully saturated rings. The second-order valence-electron chi connectivity index (χ2n) is 8.73. The van der Waals surface area contributed by atoms with Gasteiger partial charge in [-0.25, -0.2) is 4.79 Å². The van der Waals surface area contributed by atoms with E-state index in [0.29, 0.717) is 10.7 Å². The number of ether oxygens (including phenoxy) is 3. The molecule has 9 nitrogen and oxygen atoms in total. The van der Waals surface area contributed by atoms with Crippen LogP contribution in [0.2, 0.25) is 5.02 Å². The number of hydrogen-bond donors (Lipinski definition) is 0. The third kappa shape index (κ3) is 5.27. The topological polar surface area (TPSA) is 84.4 Å². The fourth-order valence-corrected chi connectivity index (χ4v) is 5.65. The highest BCUT2D eigenvalue weighted by atomic mass is 35.5. The van der Waals surface area contributed by atoms with Crippen molar-refractivity contribution in [3.63, 3.8) is 0 Å². The lowest BCUT2D eigenvalue weighted by molar-refractivity contribution is -0.118. The highest BCUT2D eigenvalue weighted by molar-refractivity contribution is 7.13. The predicted molar refractivity (Wildman–Crippen MR) is 139 cm³/mol. The summed E-state index contributed by atoms with van der Waals surface area (Å²) in [5.41, 5.74) is 2.56. The van der Waals surface area contributed by atoms with Crippen molar-refractivity contribution in [2.45, 2.75) is 12.8 Å². The Morgan fingerprint density at radius 2 is 1.94 bits per heavy atom. The van der Waals surface area contributed by atoms with Gasteiger partial charge < -0.3 is 19.1 Å². The maximum Gasteiger partial charge on any atom is 0.512 e. The molecule has 0 radical (unpaired) electrons. The SMILES string of the molecule is COCOC(=O)OCN1C(=O)Cc2cc(CCN3CCN(c4nsc5ccccc45)CC3)c(Cl)cc21. The van der Waals surface area contributed by atoms with E-state index in [-0.39, 0.29) is 25.9 Å². The maximum absolute atomic E-state index is 12.5. The zero-order chi connectivity index (χ0) is 25.1. The van der Waals surface area contributed by atoms with E-state index >= 15 is 0 Å². The smallest absolute Gasteiger partial charge is 0.412 e. The van der Waals surface area contributed by atoms with Crippen LogP contribution in [0.25, 0.3) is 10.1 Å². The van der Waals surface area contributed by atoms with Crippen molar-refractivity contribution in [3.8, 4) is 0 Å². The Labute approximate surface area is 218 Å². The third-order valence-electron chi connectivity index (χ3n) is 6.51. The second kappa shape index (κ2) is 11.0. The quantitative estimate of drug-likeness (QED) is 0.320. The summed E-state index contributed by atoms with van der Waals surface area (Å²) in [6.07, 6.45) is 0.139. The van der Waals surface area contributed by atoms with Crippen LogP contribution in [0.4, 0.5) is 16.3 Å². The van der Waals surface area contributed by atoms with Crippen LogP contribution < -0.4 is 9.80 Å². The molecule has 0 bridgehead atoms. The molecule has 36 heavy (non-hydrogen) atoms. The van der Waals surface area contributed by atoms with Crippen molar-refractivity contribution in [2.24, 2.45) is 0 Å². The molecule has 0 spiro atoms. The van der Waals surface area contributed by atoms with Gasteiger partial charge in [-0.15, -0.1) is 0 Å². The first-order valence-electron chi connectivity index (χ1n) is 11.8. The molecule has 1 saturated heterocycles. The van der Waals surface area contributed by atoms with Crippen LogP contribution in [0.15, 0.2) is 36.4 Å². The van der Waals surface area contributed by atoms with E-state index in [9.17, 15) is 9.59 Å². The number of methoxy groups -OCH3 is 1. The first-order chi connectivity index (χ1) is 17.5. The zero-order valence-electron chi connectivity index (χ0n) is 19.9. The van der Waals surface area contributed by atoms with Crippen molar-refractivity contribution < 1.29 is 23.8 Å². The Morgan fingerprint density at radius 3 is 2.75 bits per heavy atom. The van der Waals surface area contributed by atoms with Gasteiger partial charge in [0.2, 0.25) is 5.91 Å². The van der Waals surface area contributed by atoms with Gasteiger partial charge in [-0.1, -0.05) is 29.8 Å². The second-order valence-corrected chi connectivity index (χ2v) is 9.94. The molecule has 1 aromatic heterocycles. The van der Waals surface area contributed by atoms with Gasteiger partial charge in [-0.2, -0.15) is 4.37 Å². The highest BCUT2D eigenvalue weighted by Crippen LogP contribution is 2.34. The van der Waals surface area contributed by atoms with Gasteiger partial charge in [-0.3, -0.25) is 14.6 Å². The monoisotopic (exact) mass is 530 g/mol. The number of fused-ring (bicyclic) bond motifs is 2. The Kier molecular flexibility index (Phi) is 7.56. The van der Waals surface area contributed by atoms with Crippen LogP contribution in [0.3, 0.4) is 0 Å². The number of benzene rings is 2. The average molecular weight is 531 g/mol. The molecule has 11 heteroatoms. The lowest BCUT2D eigenvalue weighted by Gasteiger charge is -2.35. The van der Waals surface area contributed by atoms with Gasteiger partial charge in [0.15, 0.2) is 13.5 Å². The summed E-state index contributed by atoms with van der Waals surface area (Å²) in [5.74, 6) is 0.936. The number of hydrogen-bond acceptors (Lipinski definition) is 9. The number of carbonyl (C=O) groups excluding carboxylic acids is 2. The van der Waals surface area contributed by atoms with Crippen molar-refractivity contribution >= 4 is 56.8 Å². The number of rotatable bonds is 8. The Morgan fingerprint density at radius 1 is 1.14 bits per heavy atom. The molecule has 190 valence electrons. The van der Waals surface area contributed by atoms with E-state index in [1.54, 1.807) is 17.6 Å². The Balaban J connectivity index is 1.16. The number of aromatic nitrogens is 1. The number of amides is 1. The molecule has 1 amide bonds. The first kappa shape index (κ1) is 24.8. The first-order valence-corrected chi connectivity index (χ1v) is 12.9. The fourth-order valence-electron chi connectivity index (χ4n) is 4.61. The molecule has 2 aliphatic rings. The molecule has 0 saturated carbocycles. The lowest BCUT2D eigenvalue weighted by Crippen LogP contribution is -2.47. The van der Waals surface area contributed by atoms with Gasteiger partial charge in [-0.05, 0) is 47.3 Å². The number of carbonyl (C=O) groups is 2. The van der Waals surface area contributed by atoms with Crippen LogP contribution in [0.1, 0.15) is 11.1 Å². The summed E-state index contributed by atoms with van der Waals surface area (Å²) in [4.78, 5) is 30.3. The molecule has 3 heterocycles. The normalized spacial score (nSPS) is 16.0. The summed E-state index contributed by atoms with van der Waals surface area (Å²) < 4.78 is 20.3. The maximum atomic E-state index is 12.5. The van der Waals surface area contributed by atoms with Gasteiger partial charge in [0, 0.05) is 50.2 Å². The molecular formula is C25H27ClN4O5S. The standard InChI is InChI=1S/C25H27ClN4O5S/c1-33-16-35-25(32)34-15-30-21-14-20(26)17(12-18(21)13-23(30)31)6-7-28-8-10-29(11-9-28)24-19-4-2-3-5-22(19)36-27-24/h2-5,12,14H,6-11,13,15-16H2,1H3. The van der Waals surface area contributed by atoms with Gasteiger partial charge in [0.05, 0.1) is 16.8 Å². The van der Waals surface area contributed by atoms with E-state index in [1.165, 1.54) is 22.1 Å². The Bertz CT molecular complexity index is 1260. The van der Waals surface area contributed by atoms with E-state index in [1.807, 2.05) is 12.1 Å². The third-order valence-corrected chi connectivity index (χ3v) is 7.68. The van der Waals surface area contributed by atoms with E-state index < -0.39 is 6.16 Å². The molecule has 2 aliphatic heterocycles. The van der Waals surface area contributed by atoms with Crippen molar-refractivity contribution in [1.29, 1.82) is 0 Å². The fraction of sp³-hybridized carbons (Fsp3) is 0.400. The van der Waals surface area contributed by atoms with E-state index in [0.717, 1.165) is 56.1 Å². The molecule has 0 N–H and O–H groups in total. The lowest BCUT2D eigenvalue weighted by atomic mass is 10.1. The van der Waals surface area contributed by atoms with Gasteiger partial charge in [0.1, 0.15) is 5.82 Å². The van der Waals surface area contributed by atoms with Crippen molar-refractivity contribution in [2.75, 3.05) is 63.2 Å². The van der Waals surface area contributed by atoms with E-state index in [2.05, 4.69) is 32.7 Å². The summed E-state index contributed by atoms with van der Waals surface area (Å²) in [7, 11) is 1.40. The van der Waals surface area contributed by atoms with Crippen LogP contribution in [0, 0.1) is 0 Å². The van der Waals surface area contributed by atoms with Crippen LogP contribution in [-0.2, 0) is 31.8 Å². The van der Waals surface area contributed by atoms with E-state index in [4.69, 9.17) is 25.4 Å². The molecular weight excluding hydrogens is 504 g/mol. The largest absolute Gasteiger partial charge is 0.512 e. The molecule has 2 aromatic carbocycles. The molecule has 0 aliphatic carbocycles.